The molecule has 4 nitrogen and oxygen atoms in total. The molecule has 0 aromatic rings. The molecule has 1 saturated carbocycles. The fourth-order valence-electron chi connectivity index (χ4n) is 3.50. The number of likely N-dealkylation sites (tertiary alicyclic amines) is 2. The largest absolute Gasteiger partial charge is 0.393 e. The van der Waals surface area contributed by atoms with Crippen molar-refractivity contribution >= 4 is 6.03 Å². The maximum atomic E-state index is 12.2. The van der Waals surface area contributed by atoms with E-state index < -0.39 is 0 Å². The van der Waals surface area contributed by atoms with E-state index in [1.807, 2.05) is 9.80 Å². The van der Waals surface area contributed by atoms with E-state index in [0.717, 1.165) is 51.9 Å². The summed E-state index contributed by atoms with van der Waals surface area (Å²) in [4.78, 5) is 16.1. The first kappa shape index (κ1) is 10.4. The molecule has 1 N–H and O–H groups in total. The number of hydrogen-bond acceptors (Lipinski definition) is 2. The van der Waals surface area contributed by atoms with Gasteiger partial charge in [-0.1, -0.05) is 0 Å². The molecule has 90 valence electrons. The lowest BCUT2D eigenvalue weighted by Gasteiger charge is -2.25. The maximum Gasteiger partial charge on any atom is 0.320 e. The topological polar surface area (TPSA) is 43.8 Å². The van der Waals surface area contributed by atoms with Crippen molar-refractivity contribution in [3.8, 4) is 0 Å². The molecule has 1 aliphatic carbocycles. The summed E-state index contributed by atoms with van der Waals surface area (Å²) in [5.41, 5.74) is 0. The van der Waals surface area contributed by atoms with Gasteiger partial charge in [0, 0.05) is 32.1 Å². The zero-order valence-electron chi connectivity index (χ0n) is 9.64. The summed E-state index contributed by atoms with van der Waals surface area (Å²) in [6.45, 7) is 3.50. The molecule has 3 aliphatic rings. The summed E-state index contributed by atoms with van der Waals surface area (Å²) >= 11 is 0. The highest BCUT2D eigenvalue weighted by Crippen LogP contribution is 2.38. The van der Waals surface area contributed by atoms with Crippen molar-refractivity contribution in [2.45, 2.75) is 31.8 Å². The first-order valence-corrected chi connectivity index (χ1v) is 6.47. The van der Waals surface area contributed by atoms with Crippen LogP contribution in [0, 0.1) is 11.8 Å². The quantitative estimate of drug-likeness (QED) is 0.664. The summed E-state index contributed by atoms with van der Waals surface area (Å²) in [7, 11) is 0. The smallest absolute Gasteiger partial charge is 0.320 e. The van der Waals surface area contributed by atoms with Gasteiger partial charge in [0.05, 0.1) is 6.10 Å². The average molecular weight is 224 g/mol. The van der Waals surface area contributed by atoms with E-state index in [1.54, 1.807) is 0 Å². The summed E-state index contributed by atoms with van der Waals surface area (Å²) in [5.74, 6) is 0.910. The fraction of sp³-hybridized carbons (Fsp3) is 0.917. The molecule has 4 heteroatoms. The van der Waals surface area contributed by atoms with Crippen LogP contribution < -0.4 is 0 Å². The Morgan fingerprint density at radius 2 is 1.81 bits per heavy atom. The first-order chi connectivity index (χ1) is 7.75. The van der Waals surface area contributed by atoms with E-state index >= 15 is 0 Å². The highest BCUT2D eigenvalue weighted by atomic mass is 16.3. The Balaban J connectivity index is 1.63. The number of hydrogen-bond donors (Lipinski definition) is 1. The number of aliphatic hydroxyl groups excluding tert-OH is 1. The van der Waals surface area contributed by atoms with Crippen LogP contribution in [-0.4, -0.2) is 53.2 Å². The third-order valence-electron chi connectivity index (χ3n) is 4.47. The Bertz CT molecular complexity index is 289. The monoisotopic (exact) mass is 224 g/mol. The van der Waals surface area contributed by atoms with Crippen molar-refractivity contribution < 1.29 is 9.90 Å². The SMILES string of the molecule is O=C(N1CCCC1)N1CC2CCC(O)C2C1. The zero-order chi connectivity index (χ0) is 11.1. The Morgan fingerprint density at radius 3 is 2.50 bits per heavy atom. The Hall–Kier alpha value is -0.770. The molecule has 2 heterocycles. The molecule has 2 aliphatic heterocycles. The van der Waals surface area contributed by atoms with Crippen molar-refractivity contribution in [2.24, 2.45) is 11.8 Å². The summed E-state index contributed by atoms with van der Waals surface area (Å²) in [6.07, 6.45) is 4.15. The van der Waals surface area contributed by atoms with Gasteiger partial charge in [-0.3, -0.25) is 0 Å². The maximum absolute atomic E-state index is 12.2. The van der Waals surface area contributed by atoms with Gasteiger partial charge in [0.25, 0.3) is 0 Å². The van der Waals surface area contributed by atoms with Crippen LogP contribution in [0.25, 0.3) is 0 Å². The second-order valence-corrected chi connectivity index (χ2v) is 5.45. The van der Waals surface area contributed by atoms with Crippen molar-refractivity contribution in [1.82, 2.24) is 9.80 Å². The van der Waals surface area contributed by atoms with Crippen LogP contribution in [0.2, 0.25) is 0 Å². The molecule has 0 aromatic carbocycles. The molecule has 2 saturated heterocycles. The molecule has 0 spiro atoms. The zero-order valence-corrected chi connectivity index (χ0v) is 9.64. The predicted molar refractivity (Wildman–Crippen MR) is 60.0 cm³/mol. The molecule has 16 heavy (non-hydrogen) atoms. The van der Waals surface area contributed by atoms with E-state index in [2.05, 4.69) is 0 Å². The van der Waals surface area contributed by atoms with Crippen LogP contribution in [0.15, 0.2) is 0 Å². The summed E-state index contributed by atoms with van der Waals surface area (Å²) in [5, 5.41) is 9.81. The lowest BCUT2D eigenvalue weighted by molar-refractivity contribution is 0.122. The van der Waals surface area contributed by atoms with E-state index in [9.17, 15) is 9.90 Å². The van der Waals surface area contributed by atoms with Gasteiger partial charge in [0.15, 0.2) is 0 Å². The van der Waals surface area contributed by atoms with Crippen LogP contribution in [0.5, 0.6) is 0 Å². The second-order valence-electron chi connectivity index (χ2n) is 5.45. The minimum Gasteiger partial charge on any atom is -0.393 e. The number of fused-ring (bicyclic) bond motifs is 1. The standard InChI is InChI=1S/C12H20N2O2/c15-11-4-3-9-7-14(8-10(9)11)12(16)13-5-1-2-6-13/h9-11,15H,1-8H2. The first-order valence-electron chi connectivity index (χ1n) is 6.47. The molecule has 0 aromatic heterocycles. The predicted octanol–water partition coefficient (Wildman–Crippen LogP) is 0.905. The third-order valence-corrected chi connectivity index (χ3v) is 4.47. The minimum absolute atomic E-state index is 0.165. The van der Waals surface area contributed by atoms with Crippen molar-refractivity contribution in [2.75, 3.05) is 26.2 Å². The highest BCUT2D eigenvalue weighted by molar-refractivity contribution is 5.75. The molecular formula is C12H20N2O2. The van der Waals surface area contributed by atoms with E-state index in [1.165, 1.54) is 0 Å². The third kappa shape index (κ3) is 1.59. The Labute approximate surface area is 96.2 Å². The summed E-state index contributed by atoms with van der Waals surface area (Å²) in [6, 6.07) is 0.208. The molecule has 3 rings (SSSR count). The number of rotatable bonds is 0. The van der Waals surface area contributed by atoms with Crippen LogP contribution >= 0.6 is 0 Å². The van der Waals surface area contributed by atoms with E-state index in [-0.39, 0.29) is 12.1 Å². The van der Waals surface area contributed by atoms with Gasteiger partial charge in [-0.05, 0) is 31.6 Å². The molecule has 0 bridgehead atoms. The van der Waals surface area contributed by atoms with Gasteiger partial charge in [0.2, 0.25) is 0 Å². The summed E-state index contributed by atoms with van der Waals surface area (Å²) < 4.78 is 0. The molecule has 3 atom stereocenters. The van der Waals surface area contributed by atoms with Gasteiger partial charge < -0.3 is 14.9 Å². The number of amides is 2. The lowest BCUT2D eigenvalue weighted by Crippen LogP contribution is -2.41. The number of nitrogens with zero attached hydrogens (tertiary/aromatic N) is 2. The lowest BCUT2D eigenvalue weighted by atomic mass is 10.00. The normalized spacial score (nSPS) is 38.2. The van der Waals surface area contributed by atoms with Crippen LogP contribution in [0.1, 0.15) is 25.7 Å². The number of aliphatic hydroxyl groups is 1. The van der Waals surface area contributed by atoms with Gasteiger partial charge in [-0.2, -0.15) is 0 Å². The average Bonchev–Trinajstić information content (AvgIpc) is 2.96. The number of carbonyl (C=O) groups is 1. The molecule has 3 fully saturated rings. The highest BCUT2D eigenvalue weighted by Gasteiger charge is 2.44. The molecule has 3 unspecified atom stereocenters. The van der Waals surface area contributed by atoms with Gasteiger partial charge in [-0.25, -0.2) is 4.79 Å². The van der Waals surface area contributed by atoms with Crippen LogP contribution in [0.4, 0.5) is 4.79 Å². The molecule has 0 radical (unpaired) electrons. The van der Waals surface area contributed by atoms with Gasteiger partial charge in [0.1, 0.15) is 0 Å². The fourth-order valence-corrected chi connectivity index (χ4v) is 3.50. The van der Waals surface area contributed by atoms with Crippen molar-refractivity contribution in [3.05, 3.63) is 0 Å². The van der Waals surface area contributed by atoms with Crippen molar-refractivity contribution in [3.63, 3.8) is 0 Å². The number of urea groups is 1. The number of carbonyl (C=O) groups excluding carboxylic acids is 1. The van der Waals surface area contributed by atoms with Gasteiger partial charge in [-0.15, -0.1) is 0 Å². The molecule has 2 amide bonds. The van der Waals surface area contributed by atoms with Crippen LogP contribution in [-0.2, 0) is 0 Å². The van der Waals surface area contributed by atoms with Gasteiger partial charge >= 0.3 is 6.03 Å². The minimum atomic E-state index is -0.165. The Kier molecular flexibility index (Phi) is 2.54. The molecular weight excluding hydrogens is 204 g/mol. The van der Waals surface area contributed by atoms with Crippen molar-refractivity contribution in [1.29, 1.82) is 0 Å². The van der Waals surface area contributed by atoms with E-state index in [0.29, 0.717) is 11.8 Å². The van der Waals surface area contributed by atoms with E-state index in [4.69, 9.17) is 0 Å². The second kappa shape index (κ2) is 3.91. The van der Waals surface area contributed by atoms with Crippen LogP contribution in [0.3, 0.4) is 0 Å². The Morgan fingerprint density at radius 1 is 1.06 bits per heavy atom.